The SMILES string of the molecule is COc1ccc2cc(C(=O)Nc3nc4c(s3)CN(S(C)(=O)=O)CC4)[nH]c2c1. The maximum absolute atomic E-state index is 12.6. The van der Waals surface area contributed by atoms with Gasteiger partial charge in [0.2, 0.25) is 10.0 Å². The number of rotatable bonds is 4. The summed E-state index contributed by atoms with van der Waals surface area (Å²) in [5.41, 5.74) is 2.07. The summed E-state index contributed by atoms with van der Waals surface area (Å²) in [7, 11) is -1.65. The summed E-state index contributed by atoms with van der Waals surface area (Å²) in [6.45, 7) is 0.709. The quantitative estimate of drug-likeness (QED) is 0.691. The summed E-state index contributed by atoms with van der Waals surface area (Å²) in [6.07, 6.45) is 1.74. The number of hydrogen-bond donors (Lipinski definition) is 2. The van der Waals surface area contributed by atoms with Gasteiger partial charge >= 0.3 is 0 Å². The Morgan fingerprint density at radius 2 is 2.19 bits per heavy atom. The molecule has 2 aromatic heterocycles. The molecule has 0 radical (unpaired) electrons. The van der Waals surface area contributed by atoms with Crippen molar-refractivity contribution < 1.29 is 17.9 Å². The molecule has 3 aromatic rings. The van der Waals surface area contributed by atoms with Crippen molar-refractivity contribution >= 4 is 43.3 Å². The van der Waals surface area contributed by atoms with Gasteiger partial charge in [0.1, 0.15) is 11.4 Å². The zero-order valence-electron chi connectivity index (χ0n) is 14.8. The average molecular weight is 406 g/mol. The van der Waals surface area contributed by atoms with Crippen LogP contribution in [-0.4, -0.2) is 48.5 Å². The average Bonchev–Trinajstić information content (AvgIpc) is 3.22. The van der Waals surface area contributed by atoms with Crippen molar-refractivity contribution in [1.29, 1.82) is 0 Å². The van der Waals surface area contributed by atoms with Gasteiger partial charge in [-0.15, -0.1) is 11.3 Å². The molecule has 1 aliphatic rings. The molecule has 1 aliphatic heterocycles. The number of aromatic nitrogens is 2. The number of benzene rings is 1. The Labute approximate surface area is 160 Å². The van der Waals surface area contributed by atoms with Gasteiger partial charge in [-0.25, -0.2) is 13.4 Å². The number of aromatic amines is 1. The highest BCUT2D eigenvalue weighted by Crippen LogP contribution is 2.30. The van der Waals surface area contributed by atoms with E-state index in [9.17, 15) is 13.2 Å². The molecular formula is C17H18N4O4S2. The van der Waals surface area contributed by atoms with Crippen molar-refractivity contribution in [2.45, 2.75) is 13.0 Å². The molecule has 0 saturated heterocycles. The fourth-order valence-corrected chi connectivity index (χ4v) is 4.92. The van der Waals surface area contributed by atoms with Gasteiger partial charge in [-0.2, -0.15) is 4.31 Å². The maximum Gasteiger partial charge on any atom is 0.273 e. The molecule has 0 fully saturated rings. The Balaban J connectivity index is 1.53. The lowest BCUT2D eigenvalue weighted by atomic mass is 10.2. The first kappa shape index (κ1) is 18.0. The first-order chi connectivity index (χ1) is 12.8. The van der Waals surface area contributed by atoms with E-state index in [1.165, 1.54) is 21.9 Å². The molecule has 1 aromatic carbocycles. The molecule has 27 heavy (non-hydrogen) atoms. The number of sulfonamides is 1. The summed E-state index contributed by atoms with van der Waals surface area (Å²) in [5, 5.41) is 4.17. The van der Waals surface area contributed by atoms with Crippen LogP contribution in [-0.2, 0) is 23.0 Å². The van der Waals surface area contributed by atoms with E-state index >= 15 is 0 Å². The van der Waals surface area contributed by atoms with Crippen LogP contribution in [0.5, 0.6) is 5.75 Å². The van der Waals surface area contributed by atoms with Crippen molar-refractivity contribution in [3.8, 4) is 5.75 Å². The van der Waals surface area contributed by atoms with E-state index in [4.69, 9.17) is 4.74 Å². The van der Waals surface area contributed by atoms with Crippen LogP contribution in [0.1, 0.15) is 21.1 Å². The van der Waals surface area contributed by atoms with Crippen molar-refractivity contribution in [2.75, 3.05) is 25.2 Å². The minimum Gasteiger partial charge on any atom is -0.497 e. The molecule has 1 amide bonds. The fourth-order valence-electron chi connectivity index (χ4n) is 3.03. The standard InChI is InChI=1S/C17H18N4O4S2/c1-25-11-4-3-10-7-14(18-13(10)8-11)16(22)20-17-19-12-5-6-21(27(2,23)24)9-15(12)26-17/h3-4,7-8,18H,5-6,9H2,1-2H3,(H,19,20,22). The number of carbonyl (C=O) groups excluding carboxylic acids is 1. The van der Waals surface area contributed by atoms with Gasteiger partial charge in [0, 0.05) is 41.4 Å². The highest BCUT2D eigenvalue weighted by Gasteiger charge is 2.26. The Kier molecular flexibility index (Phi) is 4.41. The zero-order chi connectivity index (χ0) is 19.2. The summed E-state index contributed by atoms with van der Waals surface area (Å²) < 4.78 is 30.1. The third kappa shape index (κ3) is 3.55. The minimum atomic E-state index is -3.24. The van der Waals surface area contributed by atoms with Crippen molar-refractivity contribution in [3.05, 3.63) is 40.5 Å². The number of amides is 1. The summed E-state index contributed by atoms with van der Waals surface area (Å²) in [4.78, 5) is 20.9. The Hall–Kier alpha value is -2.43. The van der Waals surface area contributed by atoms with Crippen LogP contribution in [0.2, 0.25) is 0 Å². The topological polar surface area (TPSA) is 104 Å². The van der Waals surface area contributed by atoms with Gasteiger partial charge in [-0.1, -0.05) is 0 Å². The predicted molar refractivity (Wildman–Crippen MR) is 104 cm³/mol. The van der Waals surface area contributed by atoms with Crippen LogP contribution in [0.4, 0.5) is 5.13 Å². The zero-order valence-corrected chi connectivity index (χ0v) is 16.4. The van der Waals surface area contributed by atoms with E-state index in [0.717, 1.165) is 21.5 Å². The minimum absolute atomic E-state index is 0.295. The van der Waals surface area contributed by atoms with Gasteiger partial charge in [0.25, 0.3) is 5.91 Å². The number of fused-ring (bicyclic) bond motifs is 2. The van der Waals surface area contributed by atoms with Crippen molar-refractivity contribution in [3.63, 3.8) is 0 Å². The molecule has 0 unspecified atom stereocenters. The molecule has 0 aliphatic carbocycles. The smallest absolute Gasteiger partial charge is 0.273 e. The summed E-state index contributed by atoms with van der Waals surface area (Å²) in [6, 6.07) is 7.31. The van der Waals surface area contributed by atoms with Crippen LogP contribution in [0.3, 0.4) is 0 Å². The van der Waals surface area contributed by atoms with E-state index in [1.807, 2.05) is 18.2 Å². The summed E-state index contributed by atoms with van der Waals surface area (Å²) >= 11 is 1.31. The second-order valence-electron chi connectivity index (χ2n) is 6.33. The van der Waals surface area contributed by atoms with Crippen LogP contribution >= 0.6 is 11.3 Å². The first-order valence-corrected chi connectivity index (χ1v) is 10.9. The highest BCUT2D eigenvalue weighted by atomic mass is 32.2. The van der Waals surface area contributed by atoms with E-state index in [2.05, 4.69) is 15.3 Å². The molecule has 8 nitrogen and oxygen atoms in total. The van der Waals surface area contributed by atoms with E-state index in [-0.39, 0.29) is 5.91 Å². The molecule has 3 heterocycles. The molecule has 2 N–H and O–H groups in total. The number of thiazole rings is 1. The molecule has 4 rings (SSSR count). The van der Waals surface area contributed by atoms with Crippen LogP contribution in [0, 0.1) is 0 Å². The second kappa shape index (κ2) is 6.63. The maximum atomic E-state index is 12.6. The number of ether oxygens (including phenoxy) is 1. The fraction of sp³-hybridized carbons (Fsp3) is 0.294. The Morgan fingerprint density at radius 1 is 1.37 bits per heavy atom. The molecule has 0 atom stereocenters. The normalized spacial score (nSPS) is 14.9. The molecule has 10 heteroatoms. The molecule has 0 saturated carbocycles. The predicted octanol–water partition coefficient (Wildman–Crippen LogP) is 2.20. The lowest BCUT2D eigenvalue weighted by Gasteiger charge is -2.23. The number of hydrogen-bond acceptors (Lipinski definition) is 6. The third-order valence-corrected chi connectivity index (χ3v) is 6.71. The monoisotopic (exact) mass is 406 g/mol. The van der Waals surface area contributed by atoms with Gasteiger partial charge in [0.15, 0.2) is 5.13 Å². The van der Waals surface area contributed by atoms with E-state index in [1.54, 1.807) is 13.2 Å². The van der Waals surface area contributed by atoms with Gasteiger partial charge in [-0.05, 0) is 18.2 Å². The molecule has 0 bridgehead atoms. The number of methoxy groups -OCH3 is 1. The Morgan fingerprint density at radius 3 is 2.93 bits per heavy atom. The van der Waals surface area contributed by atoms with Gasteiger partial charge in [0.05, 0.1) is 19.1 Å². The number of nitrogens with one attached hydrogen (secondary N) is 2. The summed E-state index contributed by atoms with van der Waals surface area (Å²) in [5.74, 6) is 0.413. The van der Waals surface area contributed by atoms with Crippen molar-refractivity contribution in [1.82, 2.24) is 14.3 Å². The third-order valence-electron chi connectivity index (χ3n) is 4.46. The molecule has 142 valence electrons. The largest absolute Gasteiger partial charge is 0.497 e. The van der Waals surface area contributed by atoms with Gasteiger partial charge < -0.3 is 9.72 Å². The van der Waals surface area contributed by atoms with E-state index in [0.29, 0.717) is 36.1 Å². The van der Waals surface area contributed by atoms with E-state index < -0.39 is 10.0 Å². The lowest BCUT2D eigenvalue weighted by Crippen LogP contribution is -2.34. The number of carbonyl (C=O) groups is 1. The number of nitrogens with zero attached hydrogens (tertiary/aromatic N) is 2. The first-order valence-electron chi connectivity index (χ1n) is 8.25. The van der Waals surface area contributed by atoms with Crippen LogP contribution in [0.15, 0.2) is 24.3 Å². The highest BCUT2D eigenvalue weighted by molar-refractivity contribution is 7.88. The lowest BCUT2D eigenvalue weighted by molar-refractivity contribution is 0.102. The van der Waals surface area contributed by atoms with Crippen molar-refractivity contribution in [2.24, 2.45) is 0 Å². The molecular weight excluding hydrogens is 388 g/mol. The van der Waals surface area contributed by atoms with Crippen LogP contribution in [0.25, 0.3) is 10.9 Å². The molecule has 0 spiro atoms. The number of anilines is 1. The number of H-pyrrole nitrogens is 1. The van der Waals surface area contributed by atoms with Crippen LogP contribution < -0.4 is 10.1 Å². The Bertz CT molecular complexity index is 1130. The van der Waals surface area contributed by atoms with Gasteiger partial charge in [-0.3, -0.25) is 10.1 Å². The second-order valence-corrected chi connectivity index (χ2v) is 9.39.